The zero-order chi connectivity index (χ0) is 26.6. The number of rotatable bonds is 13. The normalized spacial score (nSPS) is 13.3. The highest BCUT2D eigenvalue weighted by Crippen LogP contribution is 2.25. The van der Waals surface area contributed by atoms with Crippen LogP contribution in [0.2, 0.25) is 0 Å². The fraction of sp³-hybridized carbons (Fsp3) is 0.286. The first-order valence-electron chi connectivity index (χ1n) is 11.6. The van der Waals surface area contributed by atoms with E-state index >= 15 is 0 Å². The molecule has 0 N–H and O–H groups in total. The molecule has 0 saturated heterocycles. The number of ether oxygens (including phenoxy) is 4. The van der Waals surface area contributed by atoms with Gasteiger partial charge in [-0.2, -0.15) is 0 Å². The van der Waals surface area contributed by atoms with Crippen molar-refractivity contribution in [3.8, 4) is 5.75 Å². The number of esters is 2. The van der Waals surface area contributed by atoms with E-state index in [4.69, 9.17) is 53.8 Å². The number of halogens is 3. The maximum atomic E-state index is 12.5. The van der Waals surface area contributed by atoms with Crippen LogP contribution in [-0.2, 0) is 37.0 Å². The van der Waals surface area contributed by atoms with Gasteiger partial charge in [-0.25, -0.2) is 0 Å². The molecule has 0 amide bonds. The first kappa shape index (κ1) is 28.8. The van der Waals surface area contributed by atoms with Crippen molar-refractivity contribution in [2.45, 2.75) is 36.5 Å². The number of carbonyl (C=O) groups is 2. The van der Waals surface area contributed by atoms with E-state index in [1.807, 2.05) is 12.1 Å². The monoisotopic (exact) mass is 564 g/mol. The average molecular weight is 566 g/mol. The molecule has 0 aliphatic carbocycles. The zero-order valence-corrected chi connectivity index (χ0v) is 22.4. The van der Waals surface area contributed by atoms with Crippen LogP contribution in [0.1, 0.15) is 39.9 Å². The largest absolute Gasteiger partial charge is 0.491 e. The van der Waals surface area contributed by atoms with Crippen LogP contribution in [0, 0.1) is 0 Å². The van der Waals surface area contributed by atoms with E-state index in [9.17, 15) is 9.59 Å². The van der Waals surface area contributed by atoms with Gasteiger partial charge in [0.25, 0.3) is 0 Å². The molecule has 9 heteroatoms. The summed E-state index contributed by atoms with van der Waals surface area (Å²) >= 11 is 18.3. The minimum atomic E-state index is -0.936. The van der Waals surface area contributed by atoms with Gasteiger partial charge in [0.05, 0.1) is 6.61 Å². The molecule has 0 saturated carbocycles. The summed E-state index contributed by atoms with van der Waals surface area (Å²) in [6.45, 7) is 2.14. The molecule has 0 aliphatic rings. The minimum Gasteiger partial charge on any atom is -0.491 e. The van der Waals surface area contributed by atoms with E-state index in [0.717, 1.165) is 0 Å². The van der Waals surface area contributed by atoms with Crippen LogP contribution >= 0.6 is 34.8 Å². The molecule has 196 valence electrons. The molecule has 0 fully saturated rings. The van der Waals surface area contributed by atoms with Crippen molar-refractivity contribution in [3.05, 3.63) is 101 Å². The predicted octanol–water partition coefficient (Wildman–Crippen LogP) is 6.71. The lowest BCUT2D eigenvalue weighted by Crippen LogP contribution is -2.13. The number of alkyl halides is 3. The number of benzene rings is 3. The lowest BCUT2D eigenvalue weighted by atomic mass is 10.1. The second-order valence-corrected chi connectivity index (χ2v) is 9.50. The van der Waals surface area contributed by atoms with Crippen molar-refractivity contribution < 1.29 is 28.5 Å². The Morgan fingerprint density at radius 2 is 1.16 bits per heavy atom. The summed E-state index contributed by atoms with van der Waals surface area (Å²) in [5.41, 5.74) is 2.10. The van der Waals surface area contributed by atoms with E-state index in [0.29, 0.717) is 28.0 Å². The lowest BCUT2D eigenvalue weighted by molar-refractivity contribution is -0.145. The van der Waals surface area contributed by atoms with Crippen molar-refractivity contribution in [1.29, 1.82) is 0 Å². The Morgan fingerprint density at radius 1 is 0.703 bits per heavy atom. The van der Waals surface area contributed by atoms with Crippen molar-refractivity contribution in [1.82, 2.24) is 0 Å². The summed E-state index contributed by atoms with van der Waals surface area (Å²) in [7, 11) is 0. The van der Waals surface area contributed by atoms with E-state index in [1.165, 1.54) is 0 Å². The highest BCUT2D eigenvalue weighted by Gasteiger charge is 2.21. The molecular weight excluding hydrogens is 539 g/mol. The molecular formula is C28H27Cl3O6. The van der Waals surface area contributed by atoms with Gasteiger partial charge in [0, 0.05) is 0 Å². The van der Waals surface area contributed by atoms with Crippen LogP contribution in [0.4, 0.5) is 0 Å². The van der Waals surface area contributed by atoms with Gasteiger partial charge in [0.2, 0.25) is 0 Å². The van der Waals surface area contributed by atoms with Crippen LogP contribution in [0.3, 0.4) is 0 Å². The Morgan fingerprint density at radius 3 is 1.59 bits per heavy atom. The van der Waals surface area contributed by atoms with Gasteiger partial charge in [-0.15, -0.1) is 23.2 Å². The van der Waals surface area contributed by atoms with Gasteiger partial charge in [0.15, 0.2) is 10.8 Å². The molecule has 37 heavy (non-hydrogen) atoms. The molecule has 0 radical (unpaired) electrons. The third kappa shape index (κ3) is 9.56. The van der Waals surface area contributed by atoms with E-state index in [1.54, 1.807) is 73.7 Å². The van der Waals surface area contributed by atoms with Gasteiger partial charge in [-0.1, -0.05) is 72.3 Å². The predicted molar refractivity (Wildman–Crippen MR) is 143 cm³/mol. The smallest absolute Gasteiger partial charge is 0.328 e. The fourth-order valence-corrected chi connectivity index (χ4v) is 3.83. The topological polar surface area (TPSA) is 71.1 Å². The number of carbonyl (C=O) groups excluding carboxylic acids is 2. The summed E-state index contributed by atoms with van der Waals surface area (Å²) in [5, 5.41) is -1.87. The van der Waals surface area contributed by atoms with E-state index < -0.39 is 28.3 Å². The Kier molecular flexibility index (Phi) is 11.5. The quantitative estimate of drug-likeness (QED) is 0.130. The molecule has 0 aromatic heterocycles. The average Bonchev–Trinajstić information content (AvgIpc) is 2.92. The van der Waals surface area contributed by atoms with Crippen molar-refractivity contribution in [2.75, 3.05) is 13.2 Å². The molecule has 3 rings (SSSR count). The lowest BCUT2D eigenvalue weighted by Gasteiger charge is -2.15. The maximum Gasteiger partial charge on any atom is 0.328 e. The molecule has 3 unspecified atom stereocenters. The third-order valence-corrected chi connectivity index (χ3v) is 6.07. The second kappa shape index (κ2) is 14.8. The molecule has 3 atom stereocenters. The Balaban J connectivity index is 1.66. The molecule has 0 bridgehead atoms. The van der Waals surface area contributed by atoms with Crippen molar-refractivity contribution in [3.63, 3.8) is 0 Å². The van der Waals surface area contributed by atoms with Gasteiger partial charge < -0.3 is 18.9 Å². The van der Waals surface area contributed by atoms with E-state index in [-0.39, 0.29) is 26.4 Å². The fourth-order valence-electron chi connectivity index (χ4n) is 3.32. The zero-order valence-electron chi connectivity index (χ0n) is 20.1. The van der Waals surface area contributed by atoms with Crippen molar-refractivity contribution in [2.24, 2.45) is 0 Å². The molecule has 6 nitrogen and oxygen atoms in total. The van der Waals surface area contributed by atoms with Crippen LogP contribution in [0.25, 0.3) is 0 Å². The summed E-state index contributed by atoms with van der Waals surface area (Å²) < 4.78 is 21.9. The molecule has 3 aromatic carbocycles. The summed E-state index contributed by atoms with van der Waals surface area (Å²) in [6.07, 6.45) is 0. The highest BCUT2D eigenvalue weighted by atomic mass is 35.5. The summed E-state index contributed by atoms with van der Waals surface area (Å²) in [5.74, 6) is -0.671. The molecule has 0 aliphatic heterocycles. The standard InChI is InChI=1S/C28H27Cl3O6/c1-19(29)34-12-13-35-24-15-20(17-36-27(32)25(30)22-8-4-2-5-9-22)14-21(16-24)18-37-28(33)26(31)23-10-6-3-7-11-23/h2-11,14-16,19,25-26H,12-13,17-18H2,1H3. The minimum absolute atomic E-state index is 0.0512. The first-order chi connectivity index (χ1) is 17.8. The number of hydrogen-bond acceptors (Lipinski definition) is 6. The SMILES string of the molecule is CC(Cl)OCCOc1cc(COC(=O)C(Cl)c2ccccc2)cc(COC(=O)C(Cl)c2ccccc2)c1. The van der Waals surface area contributed by atoms with Crippen LogP contribution < -0.4 is 4.74 Å². The Hall–Kier alpha value is -2.77. The Labute approximate surface area is 231 Å². The summed E-state index contributed by atoms with van der Waals surface area (Å²) in [6, 6.07) is 23.1. The maximum absolute atomic E-state index is 12.5. The van der Waals surface area contributed by atoms with Gasteiger partial charge >= 0.3 is 11.9 Å². The first-order valence-corrected chi connectivity index (χ1v) is 12.9. The van der Waals surface area contributed by atoms with Crippen LogP contribution in [0.5, 0.6) is 5.75 Å². The second-order valence-electron chi connectivity index (χ2n) is 8.01. The summed E-state index contributed by atoms with van der Waals surface area (Å²) in [4.78, 5) is 25.0. The highest BCUT2D eigenvalue weighted by molar-refractivity contribution is 6.30. The third-order valence-electron chi connectivity index (χ3n) is 5.09. The molecule has 0 heterocycles. The Bertz CT molecular complexity index is 1060. The van der Waals surface area contributed by atoms with Gasteiger partial charge in [0.1, 0.15) is 31.1 Å². The number of hydrogen-bond donors (Lipinski definition) is 0. The van der Waals surface area contributed by atoms with Crippen molar-refractivity contribution >= 4 is 46.7 Å². The van der Waals surface area contributed by atoms with Gasteiger partial charge in [-0.05, 0) is 47.4 Å². The van der Waals surface area contributed by atoms with Crippen LogP contribution in [-0.4, -0.2) is 30.7 Å². The van der Waals surface area contributed by atoms with E-state index in [2.05, 4.69) is 0 Å². The van der Waals surface area contributed by atoms with Gasteiger partial charge in [-0.3, -0.25) is 9.59 Å². The molecule has 3 aromatic rings. The van der Waals surface area contributed by atoms with Crippen LogP contribution in [0.15, 0.2) is 78.9 Å². The molecule has 0 spiro atoms.